The van der Waals surface area contributed by atoms with Gasteiger partial charge in [-0.15, -0.1) is 0 Å². The zero-order valence-electron chi connectivity index (χ0n) is 10.5. The Bertz CT molecular complexity index is 442. The molecule has 0 spiro atoms. The Kier molecular flexibility index (Phi) is 4.37. The molecule has 0 radical (unpaired) electrons. The van der Waals surface area contributed by atoms with Crippen LogP contribution >= 0.6 is 0 Å². The third kappa shape index (κ3) is 4.76. The van der Waals surface area contributed by atoms with Crippen LogP contribution in [0.4, 0.5) is 0 Å². The molecule has 1 aromatic rings. The van der Waals surface area contributed by atoms with E-state index in [1.165, 1.54) is 0 Å². The first-order valence-corrected chi connectivity index (χ1v) is 8.81. The second-order valence-corrected chi connectivity index (χ2v) is 9.15. The van der Waals surface area contributed by atoms with Crippen LogP contribution in [-0.2, 0) is 11.0 Å². The molecule has 0 fully saturated rings. The van der Waals surface area contributed by atoms with E-state index in [9.17, 15) is 0 Å². The molecule has 0 saturated heterocycles. The Hall–Kier alpha value is -1.71. The first kappa shape index (κ1) is 13.4. The van der Waals surface area contributed by atoms with Crippen LogP contribution in [0.15, 0.2) is 36.0 Å². The van der Waals surface area contributed by atoms with Gasteiger partial charge in [-0.05, 0) is 30.7 Å². The lowest BCUT2D eigenvalue weighted by Crippen LogP contribution is -2.24. The Morgan fingerprint density at radius 1 is 1.35 bits per heavy atom. The van der Waals surface area contributed by atoms with Crippen LogP contribution in [0, 0.1) is 0 Å². The van der Waals surface area contributed by atoms with Crippen molar-refractivity contribution in [2.75, 3.05) is 0 Å². The van der Waals surface area contributed by atoms with Gasteiger partial charge >= 0.3 is 0 Å². The Morgan fingerprint density at radius 3 is 2.41 bits per heavy atom. The molecule has 0 aliphatic carbocycles. The molecule has 0 N–H and O–H groups in total. The summed E-state index contributed by atoms with van der Waals surface area (Å²) in [6, 6.07) is 7.71. The van der Waals surface area contributed by atoms with Crippen molar-refractivity contribution >= 4 is 14.1 Å². The Morgan fingerprint density at radius 2 is 1.94 bits per heavy atom. The minimum absolute atomic E-state index is 0.373. The molecule has 0 aliphatic heterocycles. The predicted molar refractivity (Wildman–Crippen MR) is 72.8 cm³/mol. The molecule has 0 bridgehead atoms. The van der Waals surface area contributed by atoms with Crippen molar-refractivity contribution in [2.45, 2.75) is 26.2 Å². The molecule has 90 valence electrons. The van der Waals surface area contributed by atoms with E-state index in [0.29, 0.717) is 12.3 Å². The normalized spacial score (nSPS) is 10.5. The third-order valence-electron chi connectivity index (χ3n) is 2.02. The van der Waals surface area contributed by atoms with E-state index < -0.39 is 8.32 Å². The Balaban J connectivity index is 2.73. The molecule has 0 unspecified atom stereocenters. The minimum Gasteiger partial charge on any atom is -0.544 e. The summed E-state index contributed by atoms with van der Waals surface area (Å²) in [5.41, 5.74) is 10.2. The second-order valence-electron chi connectivity index (χ2n) is 4.72. The van der Waals surface area contributed by atoms with Crippen molar-refractivity contribution in [3.05, 3.63) is 52.4 Å². The Labute approximate surface area is 103 Å². The van der Waals surface area contributed by atoms with Crippen LogP contribution in [0.1, 0.15) is 11.1 Å². The van der Waals surface area contributed by atoms with E-state index in [-0.39, 0.29) is 0 Å². The van der Waals surface area contributed by atoms with Crippen molar-refractivity contribution in [3.8, 4) is 0 Å². The number of benzene rings is 1. The zero-order chi connectivity index (χ0) is 12.9. The first-order valence-electron chi connectivity index (χ1n) is 5.40. The monoisotopic (exact) mass is 247 g/mol. The van der Waals surface area contributed by atoms with Crippen LogP contribution in [0.5, 0.6) is 0 Å². The maximum atomic E-state index is 8.23. The van der Waals surface area contributed by atoms with Crippen LogP contribution in [-0.4, -0.2) is 8.32 Å². The van der Waals surface area contributed by atoms with Gasteiger partial charge in [-0.3, -0.25) is 0 Å². The van der Waals surface area contributed by atoms with Crippen molar-refractivity contribution in [2.24, 2.45) is 5.11 Å². The molecule has 0 aliphatic rings. The van der Waals surface area contributed by atoms with Crippen LogP contribution in [0.25, 0.3) is 16.2 Å². The molecule has 5 heteroatoms. The topological polar surface area (TPSA) is 58.0 Å². The molecule has 0 amide bonds. The molecule has 0 aromatic heterocycles. The lowest BCUT2D eigenvalue weighted by molar-refractivity contribution is 0.516. The predicted octanol–water partition coefficient (Wildman–Crippen LogP) is 4.32. The average Bonchev–Trinajstić information content (AvgIpc) is 2.24. The first-order chi connectivity index (χ1) is 7.92. The molecule has 4 nitrogen and oxygen atoms in total. The summed E-state index contributed by atoms with van der Waals surface area (Å²) in [6.07, 6.45) is 0. The molecule has 1 aromatic carbocycles. The van der Waals surface area contributed by atoms with E-state index >= 15 is 0 Å². The second kappa shape index (κ2) is 5.57. The van der Waals surface area contributed by atoms with Gasteiger partial charge in [0.1, 0.15) is 5.76 Å². The summed E-state index contributed by atoms with van der Waals surface area (Å²) in [5, 5.41) is 3.51. The van der Waals surface area contributed by atoms with Gasteiger partial charge in [0.25, 0.3) is 0 Å². The molecular weight excluding hydrogens is 230 g/mol. The van der Waals surface area contributed by atoms with Crippen molar-refractivity contribution in [1.82, 2.24) is 0 Å². The summed E-state index contributed by atoms with van der Waals surface area (Å²) in [7, 11) is -1.60. The van der Waals surface area contributed by atoms with E-state index in [0.717, 1.165) is 11.1 Å². The van der Waals surface area contributed by atoms with E-state index in [2.05, 4.69) is 36.2 Å². The maximum absolute atomic E-state index is 8.23. The maximum Gasteiger partial charge on any atom is 0.242 e. The van der Waals surface area contributed by atoms with E-state index in [1.54, 1.807) is 0 Å². The largest absolute Gasteiger partial charge is 0.544 e. The SMILES string of the molecule is C=C(O[Si](C)(C)C)c1ccc(CN=[N+]=[N-])cc1. The fourth-order valence-corrected chi connectivity index (χ4v) is 2.19. The summed E-state index contributed by atoms with van der Waals surface area (Å²) in [6.45, 7) is 10.7. The quantitative estimate of drug-likeness (QED) is 0.251. The summed E-state index contributed by atoms with van der Waals surface area (Å²) >= 11 is 0. The molecule has 17 heavy (non-hydrogen) atoms. The number of hydrogen-bond acceptors (Lipinski definition) is 2. The standard InChI is InChI=1S/C12H17N3OSi/c1-10(16-17(2,3)4)12-7-5-11(6-8-12)9-14-15-13/h5-8H,1,9H2,2-4H3. The fraction of sp³-hybridized carbons (Fsp3) is 0.333. The van der Waals surface area contributed by atoms with Gasteiger partial charge in [0.05, 0.1) is 6.54 Å². The average molecular weight is 247 g/mol. The van der Waals surface area contributed by atoms with Crippen molar-refractivity contribution in [1.29, 1.82) is 0 Å². The number of azide groups is 1. The fourth-order valence-electron chi connectivity index (χ4n) is 1.34. The highest BCUT2D eigenvalue weighted by Crippen LogP contribution is 2.19. The molecule has 0 heterocycles. The molecular formula is C12H17N3OSi. The van der Waals surface area contributed by atoms with Crippen molar-refractivity contribution in [3.63, 3.8) is 0 Å². The van der Waals surface area contributed by atoms with E-state index in [1.807, 2.05) is 24.3 Å². The van der Waals surface area contributed by atoms with E-state index in [4.69, 9.17) is 9.96 Å². The highest BCUT2D eigenvalue weighted by atomic mass is 28.4. The highest BCUT2D eigenvalue weighted by molar-refractivity contribution is 6.70. The van der Waals surface area contributed by atoms with Crippen LogP contribution < -0.4 is 0 Å². The van der Waals surface area contributed by atoms with Gasteiger partial charge in [-0.1, -0.05) is 36.0 Å². The minimum atomic E-state index is -1.60. The number of rotatable bonds is 5. The summed E-state index contributed by atoms with van der Waals surface area (Å²) in [4.78, 5) is 2.73. The van der Waals surface area contributed by atoms with Gasteiger partial charge in [0.2, 0.25) is 8.32 Å². The van der Waals surface area contributed by atoms with Gasteiger partial charge in [0.15, 0.2) is 0 Å². The zero-order valence-corrected chi connectivity index (χ0v) is 11.5. The number of nitrogens with zero attached hydrogens (tertiary/aromatic N) is 3. The summed E-state index contributed by atoms with van der Waals surface area (Å²) in [5.74, 6) is 0.708. The van der Waals surface area contributed by atoms with Crippen LogP contribution in [0.2, 0.25) is 19.6 Å². The third-order valence-corrected chi connectivity index (χ3v) is 2.88. The van der Waals surface area contributed by atoms with Crippen LogP contribution in [0.3, 0.4) is 0 Å². The highest BCUT2D eigenvalue weighted by Gasteiger charge is 2.17. The molecule has 1 rings (SSSR count). The van der Waals surface area contributed by atoms with Gasteiger partial charge in [-0.2, -0.15) is 0 Å². The molecule has 0 saturated carbocycles. The lowest BCUT2D eigenvalue weighted by atomic mass is 10.1. The molecule has 0 atom stereocenters. The summed E-state index contributed by atoms with van der Waals surface area (Å²) < 4.78 is 5.81. The number of hydrogen-bond donors (Lipinski definition) is 0. The lowest BCUT2D eigenvalue weighted by Gasteiger charge is -2.21. The van der Waals surface area contributed by atoms with Gasteiger partial charge in [-0.25, -0.2) is 0 Å². The smallest absolute Gasteiger partial charge is 0.242 e. The van der Waals surface area contributed by atoms with Gasteiger partial charge in [0, 0.05) is 10.5 Å². The van der Waals surface area contributed by atoms with Gasteiger partial charge < -0.3 is 4.43 Å². The van der Waals surface area contributed by atoms with Crippen molar-refractivity contribution < 1.29 is 4.43 Å².